The number of halogens is 2. The molecule has 4 heteroatoms. The van der Waals surface area contributed by atoms with Gasteiger partial charge in [-0.2, -0.15) is 0 Å². The van der Waals surface area contributed by atoms with Crippen LogP contribution in [-0.4, -0.2) is 11.6 Å². The van der Waals surface area contributed by atoms with Crippen molar-refractivity contribution in [2.45, 2.75) is 13.3 Å². The van der Waals surface area contributed by atoms with Crippen molar-refractivity contribution in [1.82, 2.24) is 4.98 Å². The van der Waals surface area contributed by atoms with Crippen LogP contribution in [-0.2, 0) is 0 Å². The van der Waals surface area contributed by atoms with Gasteiger partial charge in [0.1, 0.15) is 10.9 Å². The van der Waals surface area contributed by atoms with Gasteiger partial charge in [0.05, 0.1) is 11.6 Å². The highest BCUT2D eigenvalue weighted by molar-refractivity contribution is 6.41. The van der Waals surface area contributed by atoms with Crippen molar-refractivity contribution < 1.29 is 4.74 Å². The summed E-state index contributed by atoms with van der Waals surface area (Å²) in [5.74, 6) is 0.869. The lowest BCUT2D eigenvalue weighted by atomic mass is 10.1. The van der Waals surface area contributed by atoms with Gasteiger partial charge in [-0.3, -0.25) is 0 Å². The van der Waals surface area contributed by atoms with Crippen LogP contribution in [0.25, 0.3) is 11.1 Å². The van der Waals surface area contributed by atoms with Crippen molar-refractivity contribution >= 4 is 23.2 Å². The van der Waals surface area contributed by atoms with Crippen LogP contribution in [0.2, 0.25) is 10.2 Å². The summed E-state index contributed by atoms with van der Waals surface area (Å²) in [4.78, 5) is 4.03. The van der Waals surface area contributed by atoms with E-state index in [0.29, 0.717) is 10.2 Å². The molecule has 94 valence electrons. The fourth-order valence-corrected chi connectivity index (χ4v) is 1.81. The average Bonchev–Trinajstić information content (AvgIpc) is 2.40. The Morgan fingerprint density at radius 1 is 1.11 bits per heavy atom. The lowest BCUT2D eigenvalue weighted by Crippen LogP contribution is -1.94. The number of nitrogens with zero attached hydrogens (tertiary/aromatic N) is 1. The Kier molecular flexibility index (Phi) is 4.45. The van der Waals surface area contributed by atoms with Crippen molar-refractivity contribution in [1.29, 1.82) is 0 Å². The monoisotopic (exact) mass is 281 g/mol. The van der Waals surface area contributed by atoms with Crippen molar-refractivity contribution in [3.05, 3.63) is 46.7 Å². The van der Waals surface area contributed by atoms with Gasteiger partial charge in [-0.25, -0.2) is 4.98 Å². The molecule has 0 unspecified atom stereocenters. The predicted molar refractivity (Wildman–Crippen MR) is 75.5 cm³/mol. The third-order valence-electron chi connectivity index (χ3n) is 2.46. The summed E-state index contributed by atoms with van der Waals surface area (Å²) in [6, 6.07) is 9.64. The van der Waals surface area contributed by atoms with Gasteiger partial charge in [-0.05, 0) is 30.2 Å². The SMILES string of the molecule is CCCOc1ccc(-c2cnc(Cl)c(Cl)c2)cc1. The van der Waals surface area contributed by atoms with E-state index in [1.807, 2.05) is 24.3 Å². The summed E-state index contributed by atoms with van der Waals surface area (Å²) < 4.78 is 5.53. The van der Waals surface area contributed by atoms with Crippen LogP contribution < -0.4 is 4.74 Å². The molecule has 18 heavy (non-hydrogen) atoms. The first-order valence-electron chi connectivity index (χ1n) is 5.75. The maximum Gasteiger partial charge on any atom is 0.147 e. The molecule has 0 saturated carbocycles. The van der Waals surface area contributed by atoms with E-state index in [-0.39, 0.29) is 0 Å². The molecule has 2 aromatic rings. The molecule has 0 atom stereocenters. The molecule has 0 aliphatic rings. The summed E-state index contributed by atoms with van der Waals surface area (Å²) in [6.07, 6.45) is 2.70. The van der Waals surface area contributed by atoms with Crippen LogP contribution in [0.4, 0.5) is 0 Å². The van der Waals surface area contributed by atoms with Gasteiger partial charge < -0.3 is 4.74 Å². The molecule has 0 bridgehead atoms. The summed E-state index contributed by atoms with van der Waals surface area (Å²) in [6.45, 7) is 2.81. The summed E-state index contributed by atoms with van der Waals surface area (Å²) in [7, 11) is 0. The van der Waals surface area contributed by atoms with E-state index in [9.17, 15) is 0 Å². The minimum absolute atomic E-state index is 0.323. The number of hydrogen-bond donors (Lipinski definition) is 0. The van der Waals surface area contributed by atoms with Crippen molar-refractivity contribution in [2.24, 2.45) is 0 Å². The molecule has 0 radical (unpaired) electrons. The Morgan fingerprint density at radius 3 is 2.44 bits per heavy atom. The average molecular weight is 282 g/mol. The lowest BCUT2D eigenvalue weighted by Gasteiger charge is -2.06. The van der Waals surface area contributed by atoms with Crippen LogP contribution in [0.3, 0.4) is 0 Å². The molecule has 1 heterocycles. The van der Waals surface area contributed by atoms with Gasteiger partial charge in [0.15, 0.2) is 0 Å². The highest BCUT2D eigenvalue weighted by atomic mass is 35.5. The Balaban J connectivity index is 2.20. The minimum Gasteiger partial charge on any atom is -0.494 e. The Bertz CT molecular complexity index is 526. The zero-order chi connectivity index (χ0) is 13.0. The zero-order valence-electron chi connectivity index (χ0n) is 9.99. The van der Waals surface area contributed by atoms with Crippen LogP contribution in [0, 0.1) is 0 Å². The normalized spacial score (nSPS) is 10.4. The Hall–Kier alpha value is -1.25. The topological polar surface area (TPSA) is 22.1 Å². The second-order valence-electron chi connectivity index (χ2n) is 3.87. The third-order valence-corrected chi connectivity index (χ3v) is 3.14. The van der Waals surface area contributed by atoms with Gasteiger partial charge in [-0.15, -0.1) is 0 Å². The first kappa shape index (κ1) is 13.2. The molecule has 2 rings (SSSR count). The Morgan fingerprint density at radius 2 is 1.83 bits per heavy atom. The molecular formula is C14H13Cl2NO. The van der Waals surface area contributed by atoms with Crippen molar-refractivity contribution in [2.75, 3.05) is 6.61 Å². The molecule has 0 saturated heterocycles. The molecule has 0 fully saturated rings. The third kappa shape index (κ3) is 3.15. The highest BCUT2D eigenvalue weighted by Gasteiger charge is 2.03. The van der Waals surface area contributed by atoms with E-state index >= 15 is 0 Å². The summed E-state index contributed by atoms with van der Waals surface area (Å²) in [5.41, 5.74) is 1.97. The second kappa shape index (κ2) is 6.07. The smallest absolute Gasteiger partial charge is 0.147 e. The van der Waals surface area contributed by atoms with Crippen molar-refractivity contribution in [3.63, 3.8) is 0 Å². The van der Waals surface area contributed by atoms with Crippen LogP contribution in [0.5, 0.6) is 5.75 Å². The summed E-state index contributed by atoms with van der Waals surface area (Å²) >= 11 is 11.7. The molecule has 0 aliphatic heterocycles. The Labute approximate surface area is 117 Å². The quantitative estimate of drug-likeness (QED) is 0.748. The number of hydrogen-bond acceptors (Lipinski definition) is 2. The molecular weight excluding hydrogens is 269 g/mol. The molecule has 0 N–H and O–H groups in total. The highest BCUT2D eigenvalue weighted by Crippen LogP contribution is 2.27. The molecule has 0 spiro atoms. The van der Waals surface area contributed by atoms with E-state index in [0.717, 1.165) is 29.9 Å². The summed E-state index contributed by atoms with van der Waals surface area (Å²) in [5, 5.41) is 0.781. The maximum atomic E-state index is 5.94. The number of aromatic nitrogens is 1. The molecule has 0 amide bonds. The van der Waals surface area contributed by atoms with Gasteiger partial charge in [0, 0.05) is 11.8 Å². The van der Waals surface area contributed by atoms with E-state index in [2.05, 4.69) is 11.9 Å². The van der Waals surface area contributed by atoms with E-state index < -0.39 is 0 Å². The van der Waals surface area contributed by atoms with Gasteiger partial charge in [0.25, 0.3) is 0 Å². The number of pyridine rings is 1. The molecule has 1 aromatic heterocycles. The molecule has 2 nitrogen and oxygen atoms in total. The van der Waals surface area contributed by atoms with E-state index in [1.165, 1.54) is 0 Å². The van der Waals surface area contributed by atoms with E-state index in [1.54, 1.807) is 12.3 Å². The fourth-order valence-electron chi connectivity index (χ4n) is 1.54. The van der Waals surface area contributed by atoms with Crippen molar-refractivity contribution in [3.8, 4) is 16.9 Å². The van der Waals surface area contributed by atoms with Gasteiger partial charge in [-0.1, -0.05) is 42.3 Å². The molecule has 1 aromatic carbocycles. The first-order valence-corrected chi connectivity index (χ1v) is 6.50. The van der Waals surface area contributed by atoms with Crippen LogP contribution in [0.15, 0.2) is 36.5 Å². The minimum atomic E-state index is 0.323. The first-order chi connectivity index (χ1) is 8.70. The maximum absolute atomic E-state index is 5.94. The second-order valence-corrected chi connectivity index (χ2v) is 4.63. The molecule has 0 aliphatic carbocycles. The van der Waals surface area contributed by atoms with E-state index in [4.69, 9.17) is 27.9 Å². The van der Waals surface area contributed by atoms with Crippen LogP contribution in [0.1, 0.15) is 13.3 Å². The van der Waals surface area contributed by atoms with Gasteiger partial charge in [0.2, 0.25) is 0 Å². The van der Waals surface area contributed by atoms with Gasteiger partial charge >= 0.3 is 0 Å². The number of rotatable bonds is 4. The largest absolute Gasteiger partial charge is 0.494 e. The zero-order valence-corrected chi connectivity index (χ0v) is 11.5. The van der Waals surface area contributed by atoms with Crippen LogP contribution >= 0.6 is 23.2 Å². The number of benzene rings is 1. The lowest BCUT2D eigenvalue weighted by molar-refractivity contribution is 0.317. The number of ether oxygens (including phenoxy) is 1. The predicted octanol–water partition coefficient (Wildman–Crippen LogP) is 4.84. The fraction of sp³-hybridized carbons (Fsp3) is 0.214. The standard InChI is InChI=1S/C14H13Cl2NO/c1-2-7-18-12-5-3-10(4-6-12)11-8-13(15)14(16)17-9-11/h3-6,8-9H,2,7H2,1H3.